The van der Waals surface area contributed by atoms with Crippen molar-refractivity contribution < 1.29 is 14.6 Å². The Morgan fingerprint density at radius 3 is 2.50 bits per heavy atom. The summed E-state index contributed by atoms with van der Waals surface area (Å²) in [5, 5.41) is 8.65. The molecular formula is C16H29NO3. The van der Waals surface area contributed by atoms with Gasteiger partial charge in [-0.1, -0.05) is 20.8 Å². The van der Waals surface area contributed by atoms with E-state index < -0.39 is 5.97 Å². The van der Waals surface area contributed by atoms with Gasteiger partial charge in [0.1, 0.15) is 6.61 Å². The summed E-state index contributed by atoms with van der Waals surface area (Å²) < 4.78 is 5.41. The Morgan fingerprint density at radius 2 is 1.95 bits per heavy atom. The number of likely N-dealkylation sites (tertiary alicyclic amines) is 1. The van der Waals surface area contributed by atoms with Crippen LogP contribution in [-0.2, 0) is 9.53 Å². The van der Waals surface area contributed by atoms with E-state index in [0.29, 0.717) is 11.5 Å². The van der Waals surface area contributed by atoms with E-state index in [1.807, 2.05) is 0 Å². The van der Waals surface area contributed by atoms with Crippen molar-refractivity contribution in [2.75, 3.05) is 19.7 Å². The average Bonchev–Trinajstić information content (AvgIpc) is 2.36. The van der Waals surface area contributed by atoms with Gasteiger partial charge < -0.3 is 9.84 Å². The fraction of sp³-hybridized carbons (Fsp3) is 0.938. The predicted octanol–water partition coefficient (Wildman–Crippen LogP) is 2.77. The Labute approximate surface area is 122 Å². The van der Waals surface area contributed by atoms with E-state index in [-0.39, 0.29) is 12.7 Å². The second-order valence-electron chi connectivity index (χ2n) is 7.39. The van der Waals surface area contributed by atoms with Crippen LogP contribution in [0.1, 0.15) is 52.9 Å². The number of aliphatic carboxylic acids is 1. The molecule has 2 unspecified atom stereocenters. The second kappa shape index (κ2) is 6.44. The van der Waals surface area contributed by atoms with Crippen LogP contribution in [0.15, 0.2) is 0 Å². The minimum atomic E-state index is -0.865. The monoisotopic (exact) mass is 283 g/mol. The van der Waals surface area contributed by atoms with Gasteiger partial charge in [0.05, 0.1) is 6.10 Å². The van der Waals surface area contributed by atoms with Crippen LogP contribution in [0, 0.1) is 11.3 Å². The van der Waals surface area contributed by atoms with Gasteiger partial charge in [-0.25, -0.2) is 4.79 Å². The third-order valence-corrected chi connectivity index (χ3v) is 5.04. The van der Waals surface area contributed by atoms with Crippen LogP contribution in [0.2, 0.25) is 0 Å². The fourth-order valence-electron chi connectivity index (χ4n) is 4.04. The zero-order chi connectivity index (χ0) is 14.8. The number of ether oxygens (including phenoxy) is 1. The maximum absolute atomic E-state index is 10.5. The lowest BCUT2D eigenvalue weighted by Gasteiger charge is -2.46. The molecule has 4 nitrogen and oxygen atoms in total. The van der Waals surface area contributed by atoms with Crippen molar-refractivity contribution in [3.8, 4) is 0 Å². The van der Waals surface area contributed by atoms with Gasteiger partial charge in [-0.2, -0.15) is 0 Å². The van der Waals surface area contributed by atoms with Crippen molar-refractivity contribution in [2.24, 2.45) is 11.3 Å². The molecule has 1 N–H and O–H groups in total. The van der Waals surface area contributed by atoms with Gasteiger partial charge in [0.25, 0.3) is 0 Å². The number of carbonyl (C=O) groups is 1. The van der Waals surface area contributed by atoms with Gasteiger partial charge in [0.15, 0.2) is 0 Å². The molecule has 2 atom stereocenters. The first-order valence-electron chi connectivity index (χ1n) is 7.95. The van der Waals surface area contributed by atoms with Crippen LogP contribution in [0.4, 0.5) is 0 Å². The minimum Gasteiger partial charge on any atom is -0.480 e. The molecule has 1 aliphatic carbocycles. The first kappa shape index (κ1) is 15.8. The standard InChI is InChI=1S/C16H29NO3/c1-12-10-16(2,3)7-4-14(12)17-8-5-13(6-9-17)20-11-15(18)19/h12-14H,4-11H2,1-3H3,(H,18,19). The number of piperidine rings is 1. The van der Waals surface area contributed by atoms with E-state index in [1.165, 1.54) is 19.3 Å². The molecule has 1 aliphatic heterocycles. The Hall–Kier alpha value is -0.610. The molecule has 2 rings (SSSR count). The molecule has 1 heterocycles. The molecule has 0 radical (unpaired) electrons. The van der Waals surface area contributed by atoms with Crippen LogP contribution in [-0.4, -0.2) is 47.8 Å². The highest BCUT2D eigenvalue weighted by Gasteiger charge is 2.36. The molecule has 0 aromatic carbocycles. The number of carboxylic acid groups (broad SMARTS) is 1. The average molecular weight is 283 g/mol. The smallest absolute Gasteiger partial charge is 0.329 e. The molecule has 2 aliphatic rings. The summed E-state index contributed by atoms with van der Waals surface area (Å²) in [5.74, 6) is -0.106. The first-order chi connectivity index (χ1) is 9.37. The number of rotatable bonds is 4. The summed E-state index contributed by atoms with van der Waals surface area (Å²) in [6.45, 7) is 9.11. The molecule has 0 spiro atoms. The molecule has 0 aromatic rings. The fourth-order valence-corrected chi connectivity index (χ4v) is 4.04. The number of carboxylic acids is 1. The molecule has 116 valence electrons. The highest BCUT2D eigenvalue weighted by Crippen LogP contribution is 2.41. The van der Waals surface area contributed by atoms with E-state index in [4.69, 9.17) is 9.84 Å². The molecule has 0 aromatic heterocycles. The SMILES string of the molecule is CC1CC(C)(C)CCC1N1CCC(OCC(=O)O)CC1. The molecule has 0 amide bonds. The highest BCUT2D eigenvalue weighted by atomic mass is 16.5. The third-order valence-electron chi connectivity index (χ3n) is 5.04. The Kier molecular flexibility index (Phi) is 5.08. The maximum Gasteiger partial charge on any atom is 0.329 e. The van der Waals surface area contributed by atoms with E-state index in [2.05, 4.69) is 25.7 Å². The Morgan fingerprint density at radius 1 is 1.30 bits per heavy atom. The van der Waals surface area contributed by atoms with Crippen molar-refractivity contribution in [3.63, 3.8) is 0 Å². The van der Waals surface area contributed by atoms with Gasteiger partial charge in [0, 0.05) is 19.1 Å². The van der Waals surface area contributed by atoms with Gasteiger partial charge in [0.2, 0.25) is 0 Å². The van der Waals surface area contributed by atoms with Crippen LogP contribution >= 0.6 is 0 Å². The largest absolute Gasteiger partial charge is 0.480 e. The van der Waals surface area contributed by atoms with E-state index in [0.717, 1.165) is 31.8 Å². The molecule has 1 saturated carbocycles. The van der Waals surface area contributed by atoms with E-state index in [9.17, 15) is 4.79 Å². The van der Waals surface area contributed by atoms with Crippen LogP contribution in [0.5, 0.6) is 0 Å². The summed E-state index contributed by atoms with van der Waals surface area (Å²) in [4.78, 5) is 13.1. The van der Waals surface area contributed by atoms with Crippen LogP contribution in [0.25, 0.3) is 0 Å². The minimum absolute atomic E-state index is 0.137. The molecule has 0 bridgehead atoms. The first-order valence-corrected chi connectivity index (χ1v) is 7.95. The molecule has 2 fully saturated rings. The Balaban J connectivity index is 1.78. The topological polar surface area (TPSA) is 49.8 Å². The van der Waals surface area contributed by atoms with Crippen molar-refractivity contribution in [1.29, 1.82) is 0 Å². The Bertz CT molecular complexity index is 335. The zero-order valence-corrected chi connectivity index (χ0v) is 13.1. The summed E-state index contributed by atoms with van der Waals surface area (Å²) >= 11 is 0. The van der Waals surface area contributed by atoms with Crippen LogP contribution in [0.3, 0.4) is 0 Å². The summed E-state index contributed by atoms with van der Waals surface area (Å²) in [5.41, 5.74) is 0.499. The lowest BCUT2D eigenvalue weighted by molar-refractivity contribution is -0.145. The number of nitrogens with zero attached hydrogens (tertiary/aromatic N) is 1. The molecular weight excluding hydrogens is 254 g/mol. The normalized spacial score (nSPS) is 32.1. The van der Waals surface area contributed by atoms with Gasteiger partial charge in [-0.15, -0.1) is 0 Å². The highest BCUT2D eigenvalue weighted by molar-refractivity contribution is 5.68. The van der Waals surface area contributed by atoms with E-state index in [1.54, 1.807) is 0 Å². The van der Waals surface area contributed by atoms with Gasteiger partial charge >= 0.3 is 5.97 Å². The second-order valence-corrected chi connectivity index (χ2v) is 7.39. The quantitative estimate of drug-likeness (QED) is 0.862. The number of hydrogen-bond donors (Lipinski definition) is 1. The number of hydrogen-bond acceptors (Lipinski definition) is 3. The van der Waals surface area contributed by atoms with Gasteiger partial charge in [-0.3, -0.25) is 4.90 Å². The zero-order valence-electron chi connectivity index (χ0n) is 13.1. The van der Waals surface area contributed by atoms with Crippen LogP contribution < -0.4 is 0 Å². The molecule has 1 saturated heterocycles. The lowest BCUT2D eigenvalue weighted by Crippen LogP contribution is -2.49. The molecule has 20 heavy (non-hydrogen) atoms. The lowest BCUT2D eigenvalue weighted by atomic mass is 9.70. The van der Waals surface area contributed by atoms with Gasteiger partial charge in [-0.05, 0) is 43.4 Å². The molecule has 4 heteroatoms. The predicted molar refractivity (Wildman–Crippen MR) is 78.8 cm³/mol. The summed E-state index contributed by atoms with van der Waals surface area (Å²) in [6.07, 6.45) is 6.01. The van der Waals surface area contributed by atoms with Crippen molar-refractivity contribution in [3.05, 3.63) is 0 Å². The van der Waals surface area contributed by atoms with E-state index >= 15 is 0 Å². The van der Waals surface area contributed by atoms with Crippen molar-refractivity contribution >= 4 is 5.97 Å². The van der Waals surface area contributed by atoms with Crippen molar-refractivity contribution in [1.82, 2.24) is 4.90 Å². The third kappa shape index (κ3) is 4.19. The summed E-state index contributed by atoms with van der Waals surface area (Å²) in [7, 11) is 0. The summed E-state index contributed by atoms with van der Waals surface area (Å²) in [6, 6.07) is 0.712. The van der Waals surface area contributed by atoms with Crippen molar-refractivity contribution in [2.45, 2.75) is 65.0 Å². The maximum atomic E-state index is 10.5.